The van der Waals surface area contributed by atoms with Crippen molar-refractivity contribution in [2.45, 2.75) is 30.7 Å². The number of rotatable bonds is 5. The number of aromatic nitrogens is 1. The van der Waals surface area contributed by atoms with Gasteiger partial charge in [0.25, 0.3) is 11.8 Å². The number of thioether (sulfide) groups is 1. The average molecular weight is 380 g/mol. The second-order valence-electron chi connectivity index (χ2n) is 6.43. The molecule has 1 aliphatic rings. The summed E-state index contributed by atoms with van der Waals surface area (Å²) in [6.45, 7) is 1.82. The summed E-state index contributed by atoms with van der Waals surface area (Å²) in [7, 11) is 1.57. The maximum absolute atomic E-state index is 12.9. The van der Waals surface area contributed by atoms with E-state index in [1.807, 2.05) is 13.2 Å². The summed E-state index contributed by atoms with van der Waals surface area (Å²) in [5, 5.41) is 15.6. The zero-order valence-electron chi connectivity index (χ0n) is 15.4. The van der Waals surface area contributed by atoms with E-state index >= 15 is 0 Å². The summed E-state index contributed by atoms with van der Waals surface area (Å²) in [6, 6.07) is 8.92. The van der Waals surface area contributed by atoms with E-state index < -0.39 is 0 Å². The van der Waals surface area contributed by atoms with Gasteiger partial charge < -0.3 is 10.6 Å². The summed E-state index contributed by atoms with van der Waals surface area (Å²) >= 11 is 1.37. The van der Waals surface area contributed by atoms with Crippen LogP contribution in [0.5, 0.6) is 0 Å². The first-order valence-electron chi connectivity index (χ1n) is 8.61. The van der Waals surface area contributed by atoms with Crippen molar-refractivity contribution in [2.24, 2.45) is 0 Å². The van der Waals surface area contributed by atoms with Crippen LogP contribution in [0.2, 0.25) is 0 Å². The Morgan fingerprint density at radius 3 is 2.56 bits per heavy atom. The van der Waals surface area contributed by atoms with Gasteiger partial charge in [-0.3, -0.25) is 9.59 Å². The summed E-state index contributed by atoms with van der Waals surface area (Å²) < 4.78 is 0. The molecule has 0 aliphatic heterocycles. The van der Waals surface area contributed by atoms with Crippen molar-refractivity contribution in [1.29, 1.82) is 5.26 Å². The zero-order chi connectivity index (χ0) is 19.6. The Morgan fingerprint density at radius 2 is 2.00 bits per heavy atom. The van der Waals surface area contributed by atoms with E-state index in [-0.39, 0.29) is 11.8 Å². The number of hydrogen-bond acceptors (Lipinski definition) is 5. The minimum atomic E-state index is -0.345. The van der Waals surface area contributed by atoms with Gasteiger partial charge in [-0.1, -0.05) is 0 Å². The molecule has 1 aromatic heterocycles. The molecular weight excluding hydrogens is 360 g/mol. The third-order valence-corrected chi connectivity index (χ3v) is 5.20. The third-order valence-electron chi connectivity index (χ3n) is 4.52. The Bertz CT molecular complexity index is 961. The number of nitrogens with zero attached hydrogens (tertiary/aromatic N) is 2. The van der Waals surface area contributed by atoms with Crippen LogP contribution in [0.1, 0.15) is 56.3 Å². The number of carbonyl (C=O) groups excluding carboxylic acids is 2. The van der Waals surface area contributed by atoms with Gasteiger partial charge in [-0.25, -0.2) is 4.98 Å². The normalized spacial score (nSPS) is 13.0. The lowest BCUT2D eigenvalue weighted by atomic mass is 10.1. The van der Waals surface area contributed by atoms with E-state index in [0.717, 1.165) is 24.1 Å². The first kappa shape index (κ1) is 18.9. The predicted molar refractivity (Wildman–Crippen MR) is 105 cm³/mol. The topological polar surface area (TPSA) is 94.9 Å². The Kier molecular flexibility index (Phi) is 5.47. The molecule has 1 aliphatic carbocycles. The van der Waals surface area contributed by atoms with Gasteiger partial charge in [0.1, 0.15) is 11.1 Å². The highest BCUT2D eigenvalue weighted by Gasteiger charge is 2.28. The fourth-order valence-electron chi connectivity index (χ4n) is 2.84. The summed E-state index contributed by atoms with van der Waals surface area (Å²) in [5.41, 5.74) is 3.40. The van der Waals surface area contributed by atoms with Crippen molar-refractivity contribution in [3.05, 3.63) is 52.2 Å². The number of nitriles is 1. The van der Waals surface area contributed by atoms with Gasteiger partial charge in [0, 0.05) is 29.9 Å². The van der Waals surface area contributed by atoms with Gasteiger partial charge in [-0.15, -0.1) is 11.8 Å². The Morgan fingerprint density at radius 1 is 1.26 bits per heavy atom. The lowest BCUT2D eigenvalue weighted by Crippen LogP contribution is -2.19. The molecule has 1 aromatic carbocycles. The van der Waals surface area contributed by atoms with E-state index in [4.69, 9.17) is 0 Å². The highest BCUT2D eigenvalue weighted by atomic mass is 32.2. The van der Waals surface area contributed by atoms with Crippen LogP contribution >= 0.6 is 11.8 Å². The highest BCUT2D eigenvalue weighted by Crippen LogP contribution is 2.40. The molecule has 2 N–H and O–H groups in total. The number of benzene rings is 1. The van der Waals surface area contributed by atoms with Crippen molar-refractivity contribution in [1.82, 2.24) is 10.3 Å². The molecule has 0 radical (unpaired) electrons. The number of pyridine rings is 1. The van der Waals surface area contributed by atoms with Crippen molar-refractivity contribution >= 4 is 29.3 Å². The third kappa shape index (κ3) is 3.96. The van der Waals surface area contributed by atoms with Crippen LogP contribution in [-0.2, 0) is 0 Å². The second-order valence-corrected chi connectivity index (χ2v) is 7.22. The van der Waals surface area contributed by atoms with Crippen molar-refractivity contribution in [2.75, 3.05) is 18.6 Å². The van der Waals surface area contributed by atoms with Gasteiger partial charge >= 0.3 is 0 Å². The maximum Gasteiger partial charge on any atom is 0.257 e. The average Bonchev–Trinajstić information content (AvgIpc) is 3.52. The van der Waals surface area contributed by atoms with E-state index in [2.05, 4.69) is 21.7 Å². The second kappa shape index (κ2) is 7.80. The van der Waals surface area contributed by atoms with Crippen molar-refractivity contribution < 1.29 is 9.59 Å². The minimum absolute atomic E-state index is 0.185. The van der Waals surface area contributed by atoms with Crippen LogP contribution in [-0.4, -0.2) is 30.1 Å². The monoisotopic (exact) mass is 380 g/mol. The molecule has 3 rings (SSSR count). The molecule has 0 spiro atoms. The molecule has 0 saturated heterocycles. The standard InChI is InChI=1S/C20H20N4O2S/c1-11-8-13(18(25)22-2)6-7-16(11)23-19(26)14-9-17(12-4-5-12)24-20(27-3)15(14)10-21/h6-9,12H,4-5H2,1-3H3,(H,22,25)(H,23,26). The molecule has 1 fully saturated rings. The Balaban J connectivity index is 1.93. The number of nitrogens with one attached hydrogen (secondary N) is 2. The largest absolute Gasteiger partial charge is 0.355 e. The van der Waals surface area contributed by atoms with Crippen molar-refractivity contribution in [3.63, 3.8) is 0 Å². The van der Waals surface area contributed by atoms with Gasteiger partial charge in [-0.2, -0.15) is 5.26 Å². The van der Waals surface area contributed by atoms with Crippen LogP contribution < -0.4 is 10.6 Å². The van der Waals surface area contributed by atoms with Gasteiger partial charge in [0.2, 0.25) is 0 Å². The van der Waals surface area contributed by atoms with Crippen LogP contribution in [0.4, 0.5) is 5.69 Å². The molecule has 0 bridgehead atoms. The van der Waals surface area contributed by atoms with Gasteiger partial charge in [-0.05, 0) is 55.9 Å². The highest BCUT2D eigenvalue weighted by molar-refractivity contribution is 7.98. The Labute approximate surface area is 162 Å². The number of hydrogen-bond donors (Lipinski definition) is 2. The van der Waals surface area contributed by atoms with E-state index in [1.165, 1.54) is 11.8 Å². The number of carbonyl (C=O) groups is 2. The quantitative estimate of drug-likeness (QED) is 0.775. The summed E-state index contributed by atoms with van der Waals surface area (Å²) in [5.74, 6) is -0.152. The van der Waals surface area contributed by atoms with Gasteiger partial charge in [0.05, 0.1) is 11.1 Å². The number of aryl methyl sites for hydroxylation is 1. The molecule has 6 nitrogen and oxygen atoms in total. The predicted octanol–water partition coefficient (Wildman–Crippen LogP) is 3.47. The van der Waals surface area contributed by atoms with E-state index in [9.17, 15) is 14.9 Å². The van der Waals surface area contributed by atoms with Crippen LogP contribution in [0.3, 0.4) is 0 Å². The fraction of sp³-hybridized carbons (Fsp3) is 0.300. The van der Waals surface area contributed by atoms with E-state index in [0.29, 0.717) is 33.3 Å². The first-order chi connectivity index (χ1) is 13.0. The molecule has 0 unspecified atom stereocenters. The molecule has 138 valence electrons. The minimum Gasteiger partial charge on any atom is -0.355 e. The van der Waals surface area contributed by atoms with Crippen LogP contribution in [0.15, 0.2) is 29.3 Å². The maximum atomic E-state index is 12.9. The van der Waals surface area contributed by atoms with E-state index in [1.54, 1.807) is 31.3 Å². The summed E-state index contributed by atoms with van der Waals surface area (Å²) in [4.78, 5) is 29.2. The lowest BCUT2D eigenvalue weighted by molar-refractivity contribution is 0.0962. The van der Waals surface area contributed by atoms with Gasteiger partial charge in [0.15, 0.2) is 0 Å². The molecule has 2 amide bonds. The SMILES string of the molecule is CNC(=O)c1ccc(NC(=O)c2cc(C3CC3)nc(SC)c2C#N)c(C)c1. The van der Waals surface area contributed by atoms with Crippen LogP contribution in [0.25, 0.3) is 0 Å². The number of amides is 2. The Hall–Kier alpha value is -2.85. The molecule has 1 heterocycles. The summed E-state index contributed by atoms with van der Waals surface area (Å²) in [6.07, 6.45) is 3.98. The van der Waals surface area contributed by atoms with Crippen LogP contribution in [0, 0.1) is 18.3 Å². The smallest absolute Gasteiger partial charge is 0.257 e. The molecule has 1 saturated carbocycles. The molecule has 27 heavy (non-hydrogen) atoms. The molecule has 2 aromatic rings. The molecular formula is C20H20N4O2S. The molecule has 0 atom stereocenters. The fourth-order valence-corrected chi connectivity index (χ4v) is 3.40. The lowest BCUT2D eigenvalue weighted by Gasteiger charge is -2.13. The van der Waals surface area contributed by atoms with Crippen molar-refractivity contribution in [3.8, 4) is 6.07 Å². The zero-order valence-corrected chi connectivity index (χ0v) is 16.2. The number of anilines is 1. The first-order valence-corrected chi connectivity index (χ1v) is 9.84. The molecule has 7 heteroatoms.